The van der Waals surface area contributed by atoms with E-state index in [1.54, 1.807) is 4.57 Å². The average Bonchev–Trinajstić information content (AvgIpc) is 3.59. The third-order valence-corrected chi connectivity index (χ3v) is 5.33. The van der Waals surface area contributed by atoms with Crippen LogP contribution in [0.15, 0.2) is 41.2 Å². The van der Waals surface area contributed by atoms with E-state index in [0.29, 0.717) is 38.1 Å². The Morgan fingerprint density at radius 2 is 2.03 bits per heavy atom. The molecule has 1 N–H and O–H groups in total. The number of aliphatic hydroxyl groups excluding tert-OH is 1. The van der Waals surface area contributed by atoms with Crippen LogP contribution in [0.4, 0.5) is 0 Å². The van der Waals surface area contributed by atoms with Gasteiger partial charge in [-0.15, -0.1) is 0 Å². The summed E-state index contributed by atoms with van der Waals surface area (Å²) in [5.41, 5.74) is 2.31. The van der Waals surface area contributed by atoms with Crippen LogP contribution in [0.2, 0.25) is 0 Å². The van der Waals surface area contributed by atoms with Gasteiger partial charge < -0.3 is 23.9 Å². The van der Waals surface area contributed by atoms with Crippen molar-refractivity contribution >= 4 is 0 Å². The Bertz CT molecular complexity index is 975. The molecule has 6 heteroatoms. The zero-order valence-electron chi connectivity index (χ0n) is 17.2. The van der Waals surface area contributed by atoms with Gasteiger partial charge in [-0.3, -0.25) is 4.79 Å². The van der Waals surface area contributed by atoms with E-state index in [0.717, 1.165) is 16.8 Å². The maximum Gasteiger partial charge on any atom is 0.255 e. The van der Waals surface area contributed by atoms with Gasteiger partial charge in [0.2, 0.25) is 0 Å². The lowest BCUT2D eigenvalue weighted by molar-refractivity contribution is -0.101. The molecular formula is C24H27NO5. The monoisotopic (exact) mass is 409 g/mol. The van der Waals surface area contributed by atoms with E-state index in [4.69, 9.17) is 14.2 Å². The van der Waals surface area contributed by atoms with E-state index in [1.165, 1.54) is 18.9 Å². The number of aliphatic hydroxyl groups is 1. The fourth-order valence-corrected chi connectivity index (χ4v) is 3.52. The van der Waals surface area contributed by atoms with Crippen molar-refractivity contribution < 1.29 is 19.3 Å². The smallest absolute Gasteiger partial charge is 0.255 e. The first-order chi connectivity index (χ1) is 14.6. The van der Waals surface area contributed by atoms with Crippen LogP contribution < -0.4 is 10.3 Å². The Balaban J connectivity index is 1.49. The molecule has 1 aliphatic carbocycles. The molecule has 1 saturated heterocycles. The van der Waals surface area contributed by atoms with Crippen molar-refractivity contribution in [1.29, 1.82) is 0 Å². The SMILES string of the molecule is Cc1cc(OCC2COCCO2)cc(=O)n1[C@H](CO)c1ccc(C#CC2CC2)cc1. The van der Waals surface area contributed by atoms with Crippen LogP contribution in [0, 0.1) is 24.7 Å². The van der Waals surface area contributed by atoms with E-state index in [2.05, 4.69) is 11.8 Å². The number of aromatic nitrogens is 1. The number of rotatable bonds is 6. The molecule has 6 nitrogen and oxygen atoms in total. The zero-order chi connectivity index (χ0) is 20.9. The van der Waals surface area contributed by atoms with E-state index >= 15 is 0 Å². The van der Waals surface area contributed by atoms with Gasteiger partial charge in [0.05, 0.1) is 32.5 Å². The van der Waals surface area contributed by atoms with Gasteiger partial charge in [-0.05, 0) is 43.5 Å². The summed E-state index contributed by atoms with van der Waals surface area (Å²) in [6, 6.07) is 10.5. The van der Waals surface area contributed by atoms with E-state index < -0.39 is 6.04 Å². The summed E-state index contributed by atoms with van der Waals surface area (Å²) in [6.07, 6.45) is 2.26. The molecule has 1 aliphatic heterocycles. The van der Waals surface area contributed by atoms with Gasteiger partial charge in [-0.2, -0.15) is 0 Å². The van der Waals surface area contributed by atoms with Gasteiger partial charge in [0.15, 0.2) is 0 Å². The van der Waals surface area contributed by atoms with Gasteiger partial charge in [-0.25, -0.2) is 0 Å². The van der Waals surface area contributed by atoms with Gasteiger partial charge in [0.25, 0.3) is 5.56 Å². The first-order valence-corrected chi connectivity index (χ1v) is 10.4. The summed E-state index contributed by atoms with van der Waals surface area (Å²) < 4.78 is 18.3. The Labute approximate surface area is 176 Å². The maximum atomic E-state index is 12.8. The average molecular weight is 409 g/mol. The number of pyridine rings is 1. The van der Waals surface area contributed by atoms with Crippen LogP contribution in [-0.4, -0.2) is 48.8 Å². The van der Waals surface area contributed by atoms with E-state index in [9.17, 15) is 9.90 Å². The largest absolute Gasteiger partial charge is 0.491 e. The molecule has 1 unspecified atom stereocenters. The quantitative estimate of drug-likeness (QED) is 0.742. The first-order valence-electron chi connectivity index (χ1n) is 10.4. The first kappa shape index (κ1) is 20.7. The number of aryl methyl sites for hydroxylation is 1. The fourth-order valence-electron chi connectivity index (χ4n) is 3.52. The van der Waals surface area contributed by atoms with Crippen LogP contribution in [-0.2, 0) is 9.47 Å². The number of benzene rings is 1. The van der Waals surface area contributed by atoms with Crippen LogP contribution in [0.1, 0.15) is 35.7 Å². The Kier molecular flexibility index (Phi) is 6.53. The van der Waals surface area contributed by atoms with Crippen molar-refractivity contribution in [2.75, 3.05) is 33.0 Å². The predicted octanol–water partition coefficient (Wildman–Crippen LogP) is 2.29. The lowest BCUT2D eigenvalue weighted by Gasteiger charge is -2.24. The predicted molar refractivity (Wildman–Crippen MR) is 113 cm³/mol. The molecule has 2 fully saturated rings. The minimum absolute atomic E-state index is 0.131. The van der Waals surface area contributed by atoms with Gasteiger partial charge in [0, 0.05) is 23.2 Å². The topological polar surface area (TPSA) is 69.9 Å². The van der Waals surface area contributed by atoms with Crippen molar-refractivity contribution in [3.63, 3.8) is 0 Å². The van der Waals surface area contributed by atoms with Crippen LogP contribution in [0.25, 0.3) is 0 Å². The summed E-state index contributed by atoms with van der Waals surface area (Å²) in [4.78, 5) is 12.8. The van der Waals surface area contributed by atoms with Crippen LogP contribution in [0.5, 0.6) is 5.75 Å². The molecule has 0 radical (unpaired) electrons. The molecule has 0 amide bonds. The molecule has 1 saturated carbocycles. The third-order valence-electron chi connectivity index (χ3n) is 5.33. The summed E-state index contributed by atoms with van der Waals surface area (Å²) in [6.45, 7) is 3.63. The zero-order valence-corrected chi connectivity index (χ0v) is 17.2. The molecule has 2 aromatic rings. The van der Waals surface area contributed by atoms with Crippen LogP contribution in [0.3, 0.4) is 0 Å². The number of hydrogen-bond donors (Lipinski definition) is 1. The van der Waals surface area contributed by atoms with Crippen molar-refractivity contribution in [2.45, 2.75) is 31.9 Å². The number of ether oxygens (including phenoxy) is 3. The van der Waals surface area contributed by atoms with Gasteiger partial charge >= 0.3 is 0 Å². The van der Waals surface area contributed by atoms with Gasteiger partial charge in [-0.1, -0.05) is 24.0 Å². The highest BCUT2D eigenvalue weighted by Crippen LogP contribution is 2.27. The third kappa shape index (κ3) is 5.11. The molecule has 1 aromatic carbocycles. The summed E-state index contributed by atoms with van der Waals surface area (Å²) in [7, 11) is 0. The Morgan fingerprint density at radius 1 is 1.23 bits per heavy atom. The molecule has 0 bridgehead atoms. The van der Waals surface area contributed by atoms with E-state index in [1.807, 2.05) is 37.3 Å². The highest BCUT2D eigenvalue weighted by molar-refractivity contribution is 5.38. The lowest BCUT2D eigenvalue weighted by atomic mass is 10.0. The second-order valence-corrected chi connectivity index (χ2v) is 7.78. The van der Waals surface area contributed by atoms with Crippen LogP contribution >= 0.6 is 0 Å². The van der Waals surface area contributed by atoms with Gasteiger partial charge in [0.1, 0.15) is 18.5 Å². The van der Waals surface area contributed by atoms with E-state index in [-0.39, 0.29) is 18.3 Å². The van der Waals surface area contributed by atoms with Crippen molar-refractivity contribution in [2.24, 2.45) is 5.92 Å². The Hall–Kier alpha value is -2.59. The lowest BCUT2D eigenvalue weighted by Crippen LogP contribution is -2.34. The molecule has 30 heavy (non-hydrogen) atoms. The molecule has 4 rings (SSSR count). The molecule has 158 valence electrons. The molecular weight excluding hydrogens is 382 g/mol. The highest BCUT2D eigenvalue weighted by Gasteiger charge is 2.19. The number of hydrogen-bond acceptors (Lipinski definition) is 5. The minimum atomic E-state index is -0.466. The second-order valence-electron chi connectivity index (χ2n) is 7.78. The minimum Gasteiger partial charge on any atom is -0.491 e. The van der Waals surface area contributed by atoms with Crippen molar-refractivity contribution in [1.82, 2.24) is 4.57 Å². The molecule has 2 aliphatic rings. The van der Waals surface area contributed by atoms with Crippen molar-refractivity contribution in [3.8, 4) is 17.6 Å². The maximum absolute atomic E-state index is 12.8. The Morgan fingerprint density at radius 3 is 2.67 bits per heavy atom. The molecule has 1 aromatic heterocycles. The second kappa shape index (κ2) is 9.48. The number of nitrogens with zero attached hydrogens (tertiary/aromatic N) is 1. The molecule has 0 spiro atoms. The fraction of sp³-hybridized carbons (Fsp3) is 0.458. The summed E-state index contributed by atoms with van der Waals surface area (Å²) >= 11 is 0. The normalized spacial score (nSPS) is 19.6. The highest BCUT2D eigenvalue weighted by atomic mass is 16.6. The molecule has 2 atom stereocenters. The van der Waals surface area contributed by atoms with Crippen molar-refractivity contribution in [3.05, 3.63) is 63.6 Å². The molecule has 2 heterocycles. The summed E-state index contributed by atoms with van der Waals surface area (Å²) in [5, 5.41) is 10.0. The standard InChI is InChI=1S/C24H27NO5/c1-17-12-21(30-16-22-15-28-10-11-29-22)13-24(27)25(17)23(14-26)20-8-6-19(7-9-20)5-4-18-2-3-18/h6-9,12-13,18,22-23,26H,2-3,10-11,14-16H2,1H3/t22?,23-/m1/s1. The summed E-state index contributed by atoms with van der Waals surface area (Å²) in [5.74, 6) is 7.47.